The molecule has 0 heterocycles. The quantitative estimate of drug-likeness (QED) is 0.544. The monoisotopic (exact) mass is 479 g/mol. The van der Waals surface area contributed by atoms with Crippen molar-refractivity contribution in [1.82, 2.24) is 0 Å². The van der Waals surface area contributed by atoms with E-state index in [1.807, 2.05) is 13.8 Å². The minimum absolute atomic E-state index is 0.268. The van der Waals surface area contributed by atoms with Crippen molar-refractivity contribution >= 4 is 57.4 Å². The molecular formula is C17H16Cl2INO3. The first-order chi connectivity index (χ1) is 11.5. The number of rotatable bonds is 6. The highest BCUT2D eigenvalue weighted by molar-refractivity contribution is 14.1. The highest BCUT2D eigenvalue weighted by atomic mass is 127. The van der Waals surface area contributed by atoms with Crippen molar-refractivity contribution in [1.29, 1.82) is 0 Å². The second-order valence-electron chi connectivity index (χ2n) is 4.73. The van der Waals surface area contributed by atoms with Crippen LogP contribution in [0.1, 0.15) is 24.2 Å². The summed E-state index contributed by atoms with van der Waals surface area (Å²) >= 11 is 14.0. The molecule has 0 spiro atoms. The summed E-state index contributed by atoms with van der Waals surface area (Å²) in [7, 11) is 0. The van der Waals surface area contributed by atoms with Crippen LogP contribution in [-0.2, 0) is 0 Å². The molecule has 2 aromatic carbocycles. The van der Waals surface area contributed by atoms with Gasteiger partial charge in [-0.05, 0) is 66.8 Å². The van der Waals surface area contributed by atoms with Crippen LogP contribution in [-0.4, -0.2) is 19.1 Å². The van der Waals surface area contributed by atoms with Crippen LogP contribution in [0, 0.1) is 3.57 Å². The normalized spacial score (nSPS) is 10.4. The molecule has 0 aliphatic carbocycles. The van der Waals surface area contributed by atoms with Gasteiger partial charge in [-0.25, -0.2) is 0 Å². The van der Waals surface area contributed by atoms with E-state index in [4.69, 9.17) is 32.7 Å². The second-order valence-corrected chi connectivity index (χ2v) is 6.71. The van der Waals surface area contributed by atoms with E-state index in [1.165, 1.54) is 0 Å². The molecule has 24 heavy (non-hydrogen) atoms. The van der Waals surface area contributed by atoms with Crippen molar-refractivity contribution in [3.05, 3.63) is 49.5 Å². The van der Waals surface area contributed by atoms with Gasteiger partial charge in [0.25, 0.3) is 5.91 Å². The number of carbonyl (C=O) groups is 1. The van der Waals surface area contributed by atoms with Crippen molar-refractivity contribution in [2.24, 2.45) is 0 Å². The number of ether oxygens (including phenoxy) is 2. The van der Waals surface area contributed by atoms with Crippen LogP contribution in [0.2, 0.25) is 10.0 Å². The summed E-state index contributed by atoms with van der Waals surface area (Å²) in [5.74, 6) is 0.923. The van der Waals surface area contributed by atoms with Gasteiger partial charge in [0.2, 0.25) is 0 Å². The molecule has 0 saturated carbocycles. The molecule has 1 amide bonds. The fourth-order valence-corrected chi connectivity index (χ4v) is 3.08. The zero-order chi connectivity index (χ0) is 17.7. The summed E-state index contributed by atoms with van der Waals surface area (Å²) < 4.78 is 12.0. The third kappa shape index (κ3) is 4.68. The number of amides is 1. The van der Waals surface area contributed by atoms with Gasteiger partial charge in [0.1, 0.15) is 0 Å². The molecule has 0 bridgehead atoms. The molecule has 0 fully saturated rings. The standard InChI is InChI=1S/C17H16Cl2INO3/c1-3-23-15-8-10(7-14(20)16(15)24-4-2)17(22)21-11-5-6-12(18)13(19)9-11/h5-9H,3-4H2,1-2H3,(H,21,22). The predicted octanol–water partition coefficient (Wildman–Crippen LogP) is 5.65. The molecular weight excluding hydrogens is 464 g/mol. The number of carbonyl (C=O) groups excluding carboxylic acids is 1. The molecule has 7 heteroatoms. The fourth-order valence-electron chi connectivity index (χ4n) is 2.02. The fraction of sp³-hybridized carbons (Fsp3) is 0.235. The summed E-state index contributed by atoms with van der Waals surface area (Å²) in [6.45, 7) is 4.78. The van der Waals surface area contributed by atoms with E-state index in [0.29, 0.717) is 46.0 Å². The third-order valence-corrected chi connectivity index (χ3v) is 4.58. The number of hydrogen-bond acceptors (Lipinski definition) is 3. The Bertz CT molecular complexity index is 753. The molecule has 4 nitrogen and oxygen atoms in total. The minimum atomic E-state index is -0.268. The number of benzene rings is 2. The average Bonchev–Trinajstić information content (AvgIpc) is 2.54. The Balaban J connectivity index is 2.29. The Morgan fingerprint density at radius 2 is 1.79 bits per heavy atom. The van der Waals surface area contributed by atoms with E-state index in [0.717, 1.165) is 3.57 Å². The molecule has 2 rings (SSSR count). The van der Waals surface area contributed by atoms with Crippen LogP contribution in [0.5, 0.6) is 11.5 Å². The molecule has 0 aromatic heterocycles. The van der Waals surface area contributed by atoms with Crippen LogP contribution in [0.15, 0.2) is 30.3 Å². The van der Waals surface area contributed by atoms with Crippen LogP contribution >= 0.6 is 45.8 Å². The highest BCUT2D eigenvalue weighted by Crippen LogP contribution is 2.34. The summed E-state index contributed by atoms with van der Waals surface area (Å²) in [6, 6.07) is 8.34. The summed E-state index contributed by atoms with van der Waals surface area (Å²) in [5, 5.41) is 3.61. The zero-order valence-corrected chi connectivity index (χ0v) is 16.8. The first-order valence-corrected chi connectivity index (χ1v) is 9.15. The Morgan fingerprint density at radius 3 is 2.42 bits per heavy atom. The Labute approximate surface area is 164 Å². The van der Waals surface area contributed by atoms with Crippen molar-refractivity contribution in [3.63, 3.8) is 0 Å². The number of halogens is 3. The Morgan fingerprint density at radius 1 is 1.08 bits per heavy atom. The van der Waals surface area contributed by atoms with Gasteiger partial charge in [-0.2, -0.15) is 0 Å². The Kier molecular flexibility index (Phi) is 7.01. The first kappa shape index (κ1) is 19.1. The largest absolute Gasteiger partial charge is 0.490 e. The maximum absolute atomic E-state index is 12.5. The summed E-state index contributed by atoms with van der Waals surface area (Å²) in [4.78, 5) is 12.5. The van der Waals surface area contributed by atoms with Crippen molar-refractivity contribution < 1.29 is 14.3 Å². The number of hydrogen-bond donors (Lipinski definition) is 1. The van der Waals surface area contributed by atoms with Gasteiger partial charge in [0.15, 0.2) is 11.5 Å². The summed E-state index contributed by atoms with van der Waals surface area (Å²) in [6.07, 6.45) is 0. The molecule has 0 unspecified atom stereocenters. The van der Waals surface area contributed by atoms with E-state index >= 15 is 0 Å². The van der Waals surface area contributed by atoms with E-state index in [2.05, 4.69) is 27.9 Å². The maximum atomic E-state index is 12.5. The maximum Gasteiger partial charge on any atom is 0.255 e. The molecule has 0 radical (unpaired) electrons. The summed E-state index contributed by atoms with van der Waals surface area (Å²) in [5.41, 5.74) is 1.04. The van der Waals surface area contributed by atoms with Crippen molar-refractivity contribution in [2.75, 3.05) is 18.5 Å². The van der Waals surface area contributed by atoms with Crippen molar-refractivity contribution in [2.45, 2.75) is 13.8 Å². The lowest BCUT2D eigenvalue weighted by Gasteiger charge is -2.14. The molecule has 0 saturated heterocycles. The Hall–Kier alpha value is -1.18. The van der Waals surface area contributed by atoms with Gasteiger partial charge >= 0.3 is 0 Å². The molecule has 0 aliphatic heterocycles. The van der Waals surface area contributed by atoms with E-state index in [9.17, 15) is 4.79 Å². The van der Waals surface area contributed by atoms with Gasteiger partial charge in [0.05, 0.1) is 26.8 Å². The smallest absolute Gasteiger partial charge is 0.255 e. The molecule has 128 valence electrons. The van der Waals surface area contributed by atoms with Crippen LogP contribution in [0.4, 0.5) is 5.69 Å². The number of nitrogens with one attached hydrogen (secondary N) is 1. The van der Waals surface area contributed by atoms with Gasteiger partial charge in [-0.3, -0.25) is 4.79 Å². The average molecular weight is 480 g/mol. The van der Waals surface area contributed by atoms with Gasteiger partial charge in [-0.15, -0.1) is 0 Å². The molecule has 2 aromatic rings. The lowest BCUT2D eigenvalue weighted by Crippen LogP contribution is -2.13. The first-order valence-electron chi connectivity index (χ1n) is 7.31. The van der Waals surface area contributed by atoms with Crippen molar-refractivity contribution in [3.8, 4) is 11.5 Å². The third-order valence-electron chi connectivity index (χ3n) is 3.04. The lowest BCUT2D eigenvalue weighted by atomic mass is 10.1. The molecule has 0 aliphatic rings. The SMILES string of the molecule is CCOc1cc(C(=O)Nc2ccc(Cl)c(Cl)c2)cc(I)c1OCC. The van der Waals surface area contributed by atoms with Gasteiger partial charge in [0, 0.05) is 11.3 Å². The lowest BCUT2D eigenvalue weighted by molar-refractivity contribution is 0.102. The van der Waals surface area contributed by atoms with E-state index in [1.54, 1.807) is 30.3 Å². The van der Waals surface area contributed by atoms with Gasteiger partial charge < -0.3 is 14.8 Å². The zero-order valence-electron chi connectivity index (χ0n) is 13.2. The van der Waals surface area contributed by atoms with Crippen LogP contribution in [0.25, 0.3) is 0 Å². The molecule has 1 N–H and O–H groups in total. The van der Waals surface area contributed by atoms with E-state index in [-0.39, 0.29) is 5.91 Å². The topological polar surface area (TPSA) is 47.6 Å². The van der Waals surface area contributed by atoms with Gasteiger partial charge in [-0.1, -0.05) is 23.2 Å². The minimum Gasteiger partial charge on any atom is -0.490 e. The number of anilines is 1. The van der Waals surface area contributed by atoms with Crippen LogP contribution < -0.4 is 14.8 Å². The van der Waals surface area contributed by atoms with E-state index < -0.39 is 0 Å². The second kappa shape index (κ2) is 8.78. The molecule has 0 atom stereocenters. The predicted molar refractivity (Wildman–Crippen MR) is 106 cm³/mol. The van der Waals surface area contributed by atoms with Crippen LogP contribution in [0.3, 0.4) is 0 Å². The highest BCUT2D eigenvalue weighted by Gasteiger charge is 2.16.